The van der Waals surface area contributed by atoms with E-state index in [-0.39, 0.29) is 17.4 Å². The van der Waals surface area contributed by atoms with Crippen molar-refractivity contribution in [2.45, 2.75) is 26.2 Å². The van der Waals surface area contributed by atoms with Gasteiger partial charge in [0.05, 0.1) is 0 Å². The maximum Gasteiger partial charge on any atom is 0.252 e. The summed E-state index contributed by atoms with van der Waals surface area (Å²) in [5.74, 6) is 0.564. The summed E-state index contributed by atoms with van der Waals surface area (Å²) >= 11 is 0. The molecule has 1 aromatic carbocycles. The van der Waals surface area contributed by atoms with Crippen LogP contribution in [0.3, 0.4) is 0 Å². The van der Waals surface area contributed by atoms with Gasteiger partial charge >= 0.3 is 0 Å². The maximum absolute atomic E-state index is 12.3. The van der Waals surface area contributed by atoms with E-state index in [1.807, 2.05) is 6.07 Å². The SMILES string of the molecule is Cc1cc(=O)[nH]c(NCCNC(=O)[C@H]2CCc3ccccc3C2)n1. The molecule has 0 saturated heterocycles. The van der Waals surface area contributed by atoms with Gasteiger partial charge in [-0.15, -0.1) is 0 Å². The lowest BCUT2D eigenvalue weighted by Crippen LogP contribution is -2.36. The van der Waals surface area contributed by atoms with Crippen LogP contribution in [0.2, 0.25) is 0 Å². The van der Waals surface area contributed by atoms with Gasteiger partial charge in [-0.2, -0.15) is 0 Å². The molecule has 0 radical (unpaired) electrons. The number of nitrogens with zero attached hydrogens (tertiary/aromatic N) is 1. The summed E-state index contributed by atoms with van der Waals surface area (Å²) in [7, 11) is 0. The molecule has 3 N–H and O–H groups in total. The average Bonchev–Trinajstić information content (AvgIpc) is 2.57. The molecule has 2 aromatic rings. The molecule has 3 rings (SSSR count). The topological polar surface area (TPSA) is 86.9 Å². The first kappa shape index (κ1) is 16.2. The highest BCUT2D eigenvalue weighted by atomic mass is 16.2. The van der Waals surface area contributed by atoms with Crippen LogP contribution in [0.25, 0.3) is 0 Å². The van der Waals surface area contributed by atoms with Crippen LogP contribution >= 0.6 is 0 Å². The minimum Gasteiger partial charge on any atom is -0.354 e. The number of aromatic amines is 1. The van der Waals surface area contributed by atoms with Gasteiger partial charge in [0.15, 0.2) is 0 Å². The fourth-order valence-electron chi connectivity index (χ4n) is 3.10. The predicted molar refractivity (Wildman–Crippen MR) is 93.1 cm³/mol. The maximum atomic E-state index is 12.3. The number of aromatic nitrogens is 2. The Morgan fingerprint density at radius 1 is 1.29 bits per heavy atom. The van der Waals surface area contributed by atoms with Gasteiger partial charge in [-0.1, -0.05) is 24.3 Å². The molecule has 0 bridgehead atoms. The van der Waals surface area contributed by atoms with Crippen molar-refractivity contribution in [2.24, 2.45) is 5.92 Å². The summed E-state index contributed by atoms with van der Waals surface area (Å²) < 4.78 is 0. The number of rotatable bonds is 5. The zero-order valence-electron chi connectivity index (χ0n) is 13.8. The summed E-state index contributed by atoms with van der Waals surface area (Å²) in [4.78, 5) is 30.5. The Morgan fingerprint density at radius 3 is 2.88 bits per heavy atom. The molecule has 6 nitrogen and oxygen atoms in total. The van der Waals surface area contributed by atoms with Gasteiger partial charge in [0.2, 0.25) is 11.9 Å². The molecule has 0 saturated carbocycles. The second kappa shape index (κ2) is 7.29. The van der Waals surface area contributed by atoms with Crippen molar-refractivity contribution < 1.29 is 4.79 Å². The van der Waals surface area contributed by atoms with Gasteiger partial charge in [-0.25, -0.2) is 4.98 Å². The first-order valence-electron chi connectivity index (χ1n) is 8.28. The van der Waals surface area contributed by atoms with E-state index in [4.69, 9.17) is 0 Å². The number of benzene rings is 1. The van der Waals surface area contributed by atoms with E-state index in [2.05, 4.69) is 38.8 Å². The summed E-state index contributed by atoms with van der Waals surface area (Å²) in [5.41, 5.74) is 3.11. The average molecular weight is 326 g/mol. The summed E-state index contributed by atoms with van der Waals surface area (Å²) in [6.45, 7) is 2.78. The number of H-pyrrole nitrogens is 1. The first-order chi connectivity index (χ1) is 11.6. The Labute approximate surface area is 140 Å². The molecule has 0 fully saturated rings. The molecule has 1 aliphatic carbocycles. The highest BCUT2D eigenvalue weighted by Crippen LogP contribution is 2.25. The number of hydrogen-bond donors (Lipinski definition) is 3. The van der Waals surface area contributed by atoms with Crippen LogP contribution in [0.5, 0.6) is 0 Å². The van der Waals surface area contributed by atoms with Crippen molar-refractivity contribution in [1.29, 1.82) is 0 Å². The Balaban J connectivity index is 1.45. The number of fused-ring (bicyclic) bond motifs is 1. The molecule has 1 atom stereocenters. The molecule has 0 unspecified atom stereocenters. The van der Waals surface area contributed by atoms with Crippen molar-refractivity contribution in [1.82, 2.24) is 15.3 Å². The third-order valence-corrected chi connectivity index (χ3v) is 4.30. The highest BCUT2D eigenvalue weighted by Gasteiger charge is 2.23. The number of carbonyl (C=O) groups excluding carboxylic acids is 1. The molecule has 1 amide bonds. The third-order valence-electron chi connectivity index (χ3n) is 4.30. The molecule has 0 aliphatic heterocycles. The van der Waals surface area contributed by atoms with E-state index >= 15 is 0 Å². The number of aryl methyl sites for hydroxylation is 2. The molecular weight excluding hydrogens is 304 g/mol. The fraction of sp³-hybridized carbons (Fsp3) is 0.389. The number of hydrogen-bond acceptors (Lipinski definition) is 4. The van der Waals surface area contributed by atoms with Gasteiger partial charge in [-0.3, -0.25) is 14.6 Å². The Morgan fingerprint density at radius 2 is 2.08 bits per heavy atom. The first-order valence-corrected chi connectivity index (χ1v) is 8.28. The van der Waals surface area contributed by atoms with Crippen molar-refractivity contribution >= 4 is 11.9 Å². The van der Waals surface area contributed by atoms with Crippen LogP contribution in [-0.4, -0.2) is 29.0 Å². The third kappa shape index (κ3) is 4.01. The summed E-state index contributed by atoms with van der Waals surface area (Å²) in [6.07, 6.45) is 2.66. The van der Waals surface area contributed by atoms with E-state index in [1.54, 1.807) is 6.92 Å². The second-order valence-electron chi connectivity index (χ2n) is 6.16. The second-order valence-corrected chi connectivity index (χ2v) is 6.16. The summed E-state index contributed by atoms with van der Waals surface area (Å²) in [6, 6.07) is 9.76. The monoisotopic (exact) mass is 326 g/mol. The van der Waals surface area contributed by atoms with Gasteiger partial charge < -0.3 is 10.6 Å². The lowest BCUT2D eigenvalue weighted by Gasteiger charge is -2.23. The predicted octanol–water partition coefficient (Wildman–Crippen LogP) is 1.41. The zero-order chi connectivity index (χ0) is 16.9. The minimum atomic E-state index is -0.185. The molecule has 1 aliphatic rings. The van der Waals surface area contributed by atoms with Crippen LogP contribution in [0, 0.1) is 12.8 Å². The zero-order valence-corrected chi connectivity index (χ0v) is 13.8. The van der Waals surface area contributed by atoms with Crippen LogP contribution in [-0.2, 0) is 17.6 Å². The van der Waals surface area contributed by atoms with Crippen LogP contribution < -0.4 is 16.2 Å². The number of amides is 1. The fourth-order valence-corrected chi connectivity index (χ4v) is 3.10. The molecule has 6 heteroatoms. The van der Waals surface area contributed by atoms with Gasteiger partial charge in [0.1, 0.15) is 0 Å². The molecule has 0 spiro atoms. The quantitative estimate of drug-likeness (QED) is 0.725. The molecular formula is C18H22N4O2. The molecule has 24 heavy (non-hydrogen) atoms. The van der Waals surface area contributed by atoms with Crippen LogP contribution in [0.4, 0.5) is 5.95 Å². The molecule has 1 heterocycles. The standard InChI is InChI=1S/C18H22N4O2/c1-12-10-16(23)22-18(21-12)20-9-8-19-17(24)15-7-6-13-4-2-3-5-14(13)11-15/h2-5,10,15H,6-9,11H2,1H3,(H,19,24)(H2,20,21,22,23)/t15-/m0/s1. The summed E-state index contributed by atoms with van der Waals surface area (Å²) in [5, 5.41) is 5.98. The Bertz CT molecular complexity index is 785. The van der Waals surface area contributed by atoms with E-state index in [1.165, 1.54) is 17.2 Å². The Kier molecular flexibility index (Phi) is 4.93. The molecule has 1 aromatic heterocycles. The van der Waals surface area contributed by atoms with Crippen molar-refractivity contribution in [2.75, 3.05) is 18.4 Å². The van der Waals surface area contributed by atoms with Crippen molar-refractivity contribution in [3.8, 4) is 0 Å². The van der Waals surface area contributed by atoms with E-state index in [9.17, 15) is 9.59 Å². The minimum absolute atomic E-state index is 0.0387. The van der Waals surface area contributed by atoms with Crippen LogP contribution in [0.15, 0.2) is 35.1 Å². The lowest BCUT2D eigenvalue weighted by atomic mass is 9.83. The number of carbonyl (C=O) groups is 1. The molecule has 126 valence electrons. The van der Waals surface area contributed by atoms with Crippen LogP contribution in [0.1, 0.15) is 23.2 Å². The van der Waals surface area contributed by atoms with E-state index in [0.717, 1.165) is 19.3 Å². The van der Waals surface area contributed by atoms with Gasteiger partial charge in [0, 0.05) is 30.8 Å². The largest absolute Gasteiger partial charge is 0.354 e. The van der Waals surface area contributed by atoms with Crippen molar-refractivity contribution in [3.05, 3.63) is 57.5 Å². The number of nitrogens with one attached hydrogen (secondary N) is 3. The smallest absolute Gasteiger partial charge is 0.252 e. The van der Waals surface area contributed by atoms with E-state index in [0.29, 0.717) is 24.7 Å². The van der Waals surface area contributed by atoms with Crippen molar-refractivity contribution in [3.63, 3.8) is 0 Å². The lowest BCUT2D eigenvalue weighted by molar-refractivity contribution is -0.125. The highest BCUT2D eigenvalue weighted by molar-refractivity contribution is 5.79. The normalized spacial score (nSPS) is 16.3. The van der Waals surface area contributed by atoms with Gasteiger partial charge in [-0.05, 0) is 37.3 Å². The van der Waals surface area contributed by atoms with Gasteiger partial charge in [0.25, 0.3) is 5.56 Å². The van der Waals surface area contributed by atoms with E-state index < -0.39 is 0 Å². The number of anilines is 1. The Hall–Kier alpha value is -2.63.